The minimum atomic E-state index is -0.283. The van der Waals surface area contributed by atoms with Gasteiger partial charge in [0.25, 0.3) is 0 Å². The third kappa shape index (κ3) is 3.80. The molecule has 1 N–H and O–H groups in total. The van der Waals surface area contributed by atoms with Crippen LogP contribution in [-0.4, -0.2) is 36.0 Å². The van der Waals surface area contributed by atoms with Gasteiger partial charge in [0, 0.05) is 18.0 Å². The highest BCUT2D eigenvalue weighted by atomic mass is 19.1. The molecule has 1 aliphatic carbocycles. The van der Waals surface area contributed by atoms with Crippen LogP contribution in [0.4, 0.5) is 4.39 Å². The lowest BCUT2D eigenvalue weighted by atomic mass is 9.84. The minimum Gasteiger partial charge on any atom is -0.354 e. The number of halogens is 1. The van der Waals surface area contributed by atoms with Crippen molar-refractivity contribution in [2.24, 2.45) is 0 Å². The Labute approximate surface area is 144 Å². The Bertz CT molecular complexity index is 581. The Morgan fingerprint density at radius 3 is 2.71 bits per heavy atom. The van der Waals surface area contributed by atoms with Gasteiger partial charge < -0.3 is 5.32 Å². The SMILES string of the molecule is CC(C)(CNC(=O)[C@@H]1CCCN1C1CCCC1)c1cccc(F)c1. The number of likely N-dealkylation sites (tertiary alicyclic amines) is 1. The molecule has 1 aromatic rings. The first-order valence-corrected chi connectivity index (χ1v) is 9.27. The van der Waals surface area contributed by atoms with Crippen LogP contribution in [0.1, 0.15) is 57.9 Å². The fraction of sp³-hybridized carbons (Fsp3) is 0.650. The fourth-order valence-electron chi connectivity index (χ4n) is 4.18. The standard InChI is InChI=1S/C20H29FN2O/c1-20(2,15-7-5-8-16(21)13-15)14-22-19(24)18-11-6-12-23(18)17-9-3-4-10-17/h5,7-8,13,17-18H,3-4,6,9-12,14H2,1-2H3,(H,22,24)/t18-/m0/s1. The molecule has 1 atom stereocenters. The van der Waals surface area contributed by atoms with Gasteiger partial charge in [-0.2, -0.15) is 0 Å². The van der Waals surface area contributed by atoms with Crippen LogP contribution in [0.25, 0.3) is 0 Å². The van der Waals surface area contributed by atoms with E-state index in [0.717, 1.165) is 24.9 Å². The summed E-state index contributed by atoms with van der Waals surface area (Å²) in [5.74, 6) is -0.0843. The van der Waals surface area contributed by atoms with E-state index in [1.54, 1.807) is 12.1 Å². The van der Waals surface area contributed by atoms with E-state index in [4.69, 9.17) is 0 Å². The molecular weight excluding hydrogens is 303 g/mol. The second kappa shape index (κ2) is 7.22. The first kappa shape index (κ1) is 17.4. The molecule has 0 bridgehead atoms. The van der Waals surface area contributed by atoms with Crippen molar-refractivity contribution in [3.63, 3.8) is 0 Å². The van der Waals surface area contributed by atoms with Crippen molar-refractivity contribution in [1.29, 1.82) is 0 Å². The zero-order valence-corrected chi connectivity index (χ0v) is 14.9. The summed E-state index contributed by atoms with van der Waals surface area (Å²) in [6, 6.07) is 7.29. The first-order chi connectivity index (χ1) is 11.5. The molecule has 1 saturated carbocycles. The Morgan fingerprint density at radius 1 is 1.25 bits per heavy atom. The number of carbonyl (C=O) groups excluding carboxylic acids is 1. The summed E-state index contributed by atoms with van der Waals surface area (Å²) in [5, 5.41) is 3.13. The molecule has 132 valence electrons. The van der Waals surface area contributed by atoms with Crippen molar-refractivity contribution in [3.8, 4) is 0 Å². The van der Waals surface area contributed by atoms with E-state index in [1.165, 1.54) is 31.7 Å². The lowest BCUT2D eigenvalue weighted by Gasteiger charge is -2.31. The summed E-state index contributed by atoms with van der Waals surface area (Å²) in [6.45, 7) is 5.68. The normalized spacial score (nSPS) is 22.9. The Hall–Kier alpha value is -1.42. The zero-order chi connectivity index (χ0) is 17.2. The first-order valence-electron chi connectivity index (χ1n) is 9.27. The molecule has 1 aromatic carbocycles. The number of hydrogen-bond donors (Lipinski definition) is 1. The van der Waals surface area contributed by atoms with Crippen molar-refractivity contribution in [2.75, 3.05) is 13.1 Å². The van der Waals surface area contributed by atoms with Crippen LogP contribution in [0.15, 0.2) is 24.3 Å². The van der Waals surface area contributed by atoms with Gasteiger partial charge in [0.1, 0.15) is 5.82 Å². The lowest BCUT2D eigenvalue weighted by molar-refractivity contribution is -0.126. The molecule has 1 saturated heterocycles. The fourth-order valence-corrected chi connectivity index (χ4v) is 4.18. The Morgan fingerprint density at radius 2 is 2.00 bits per heavy atom. The Kier molecular flexibility index (Phi) is 5.24. The smallest absolute Gasteiger partial charge is 0.237 e. The molecule has 24 heavy (non-hydrogen) atoms. The molecule has 1 aliphatic heterocycles. The van der Waals surface area contributed by atoms with Crippen molar-refractivity contribution in [3.05, 3.63) is 35.6 Å². The Balaban J connectivity index is 1.60. The van der Waals surface area contributed by atoms with Gasteiger partial charge >= 0.3 is 0 Å². The van der Waals surface area contributed by atoms with Gasteiger partial charge in [-0.25, -0.2) is 4.39 Å². The molecular formula is C20H29FN2O. The zero-order valence-electron chi connectivity index (χ0n) is 14.9. The summed E-state index contributed by atoms with van der Waals surface area (Å²) in [5.41, 5.74) is 0.635. The van der Waals surface area contributed by atoms with E-state index in [9.17, 15) is 9.18 Å². The molecule has 1 heterocycles. The second-order valence-corrected chi connectivity index (χ2v) is 7.95. The third-order valence-electron chi connectivity index (χ3n) is 5.70. The number of rotatable bonds is 5. The summed E-state index contributed by atoms with van der Waals surface area (Å²) in [7, 11) is 0. The van der Waals surface area contributed by atoms with E-state index in [-0.39, 0.29) is 23.2 Å². The molecule has 0 radical (unpaired) electrons. The van der Waals surface area contributed by atoms with E-state index < -0.39 is 0 Å². The summed E-state index contributed by atoms with van der Waals surface area (Å²) < 4.78 is 13.5. The van der Waals surface area contributed by atoms with Gasteiger partial charge in [0.15, 0.2) is 0 Å². The monoisotopic (exact) mass is 332 g/mol. The largest absolute Gasteiger partial charge is 0.354 e. The molecule has 3 nitrogen and oxygen atoms in total. The number of amides is 1. The van der Waals surface area contributed by atoms with Gasteiger partial charge in [-0.15, -0.1) is 0 Å². The van der Waals surface area contributed by atoms with Crippen LogP contribution in [0, 0.1) is 5.82 Å². The van der Waals surface area contributed by atoms with E-state index >= 15 is 0 Å². The van der Waals surface area contributed by atoms with E-state index in [1.807, 2.05) is 19.9 Å². The topological polar surface area (TPSA) is 32.3 Å². The quantitative estimate of drug-likeness (QED) is 0.893. The van der Waals surface area contributed by atoms with Crippen LogP contribution in [0.2, 0.25) is 0 Å². The average molecular weight is 332 g/mol. The number of benzene rings is 1. The summed E-state index contributed by atoms with van der Waals surface area (Å²) in [6.07, 6.45) is 7.13. The molecule has 0 unspecified atom stereocenters. The summed E-state index contributed by atoms with van der Waals surface area (Å²) >= 11 is 0. The second-order valence-electron chi connectivity index (χ2n) is 7.95. The maximum atomic E-state index is 13.5. The van der Waals surface area contributed by atoms with Gasteiger partial charge in [-0.1, -0.05) is 38.8 Å². The van der Waals surface area contributed by atoms with Crippen molar-refractivity contribution in [2.45, 2.75) is 69.9 Å². The van der Waals surface area contributed by atoms with Gasteiger partial charge in [-0.05, 0) is 49.9 Å². The van der Waals surface area contributed by atoms with Crippen molar-refractivity contribution in [1.82, 2.24) is 10.2 Å². The minimum absolute atomic E-state index is 0.0245. The van der Waals surface area contributed by atoms with E-state index in [0.29, 0.717) is 12.6 Å². The maximum Gasteiger partial charge on any atom is 0.237 e. The van der Waals surface area contributed by atoms with Crippen LogP contribution in [0.3, 0.4) is 0 Å². The molecule has 2 fully saturated rings. The predicted octanol–water partition coefficient (Wildman–Crippen LogP) is 3.63. The molecule has 3 rings (SSSR count). The van der Waals surface area contributed by atoms with Crippen LogP contribution < -0.4 is 5.32 Å². The molecule has 0 aromatic heterocycles. The number of nitrogens with one attached hydrogen (secondary N) is 1. The van der Waals surface area contributed by atoms with E-state index in [2.05, 4.69) is 10.2 Å². The van der Waals surface area contributed by atoms with Gasteiger partial charge in [0.05, 0.1) is 6.04 Å². The van der Waals surface area contributed by atoms with Crippen LogP contribution >= 0.6 is 0 Å². The third-order valence-corrected chi connectivity index (χ3v) is 5.70. The lowest BCUT2D eigenvalue weighted by Crippen LogP contribution is -2.49. The average Bonchev–Trinajstić information content (AvgIpc) is 3.23. The molecule has 4 heteroatoms. The molecule has 2 aliphatic rings. The van der Waals surface area contributed by atoms with Crippen molar-refractivity contribution >= 4 is 5.91 Å². The molecule has 0 spiro atoms. The molecule has 1 amide bonds. The van der Waals surface area contributed by atoms with Gasteiger partial charge in [-0.3, -0.25) is 9.69 Å². The number of carbonyl (C=O) groups is 1. The van der Waals surface area contributed by atoms with Gasteiger partial charge in [0.2, 0.25) is 5.91 Å². The number of nitrogens with zero attached hydrogens (tertiary/aromatic N) is 1. The number of hydrogen-bond acceptors (Lipinski definition) is 2. The van der Waals surface area contributed by atoms with Crippen LogP contribution in [0.5, 0.6) is 0 Å². The van der Waals surface area contributed by atoms with Crippen LogP contribution in [-0.2, 0) is 10.2 Å². The highest BCUT2D eigenvalue weighted by molar-refractivity contribution is 5.82. The predicted molar refractivity (Wildman–Crippen MR) is 94.4 cm³/mol. The highest BCUT2D eigenvalue weighted by Gasteiger charge is 2.36. The summed E-state index contributed by atoms with van der Waals surface area (Å²) in [4.78, 5) is 15.2. The maximum absolute atomic E-state index is 13.5. The highest BCUT2D eigenvalue weighted by Crippen LogP contribution is 2.30. The van der Waals surface area contributed by atoms with Crippen molar-refractivity contribution < 1.29 is 9.18 Å².